The van der Waals surface area contributed by atoms with Crippen molar-refractivity contribution >= 4 is 29.3 Å². The molecule has 1 rings (SSSR count). The second-order valence-corrected chi connectivity index (χ2v) is 5.25. The van der Waals surface area contributed by atoms with Crippen LogP contribution in [0.25, 0.3) is 0 Å². The number of amides is 1. The lowest BCUT2D eigenvalue weighted by Gasteiger charge is -2.08. The third-order valence-electron chi connectivity index (χ3n) is 2.54. The van der Waals surface area contributed by atoms with Crippen molar-refractivity contribution < 1.29 is 14.7 Å². The van der Waals surface area contributed by atoms with Gasteiger partial charge in [0.05, 0.1) is 5.75 Å². The molecule has 1 aromatic carbocycles. The topological polar surface area (TPSA) is 92.4 Å². The fourth-order valence-electron chi connectivity index (χ4n) is 1.40. The number of nitrogens with one attached hydrogen (secondary N) is 1. The van der Waals surface area contributed by atoms with E-state index in [0.717, 1.165) is 11.3 Å². The minimum atomic E-state index is -1.01. The summed E-state index contributed by atoms with van der Waals surface area (Å²) in [4.78, 5) is 22.2. The van der Waals surface area contributed by atoms with E-state index in [1.165, 1.54) is 11.8 Å². The molecule has 0 aliphatic heterocycles. The highest BCUT2D eigenvalue weighted by molar-refractivity contribution is 7.99. The lowest BCUT2D eigenvalue weighted by molar-refractivity contribution is -0.138. The van der Waals surface area contributed by atoms with Gasteiger partial charge in [0.2, 0.25) is 5.91 Å². The zero-order chi connectivity index (χ0) is 14.3. The lowest BCUT2D eigenvalue weighted by atomic mass is 10.2. The molecule has 0 saturated carbocycles. The molecular formula is C13H18N2O3S. The van der Waals surface area contributed by atoms with Gasteiger partial charge in [-0.2, -0.15) is 11.8 Å². The van der Waals surface area contributed by atoms with Gasteiger partial charge in [0, 0.05) is 5.69 Å². The summed E-state index contributed by atoms with van der Waals surface area (Å²) in [6.45, 7) is 1.93. The molecule has 0 heterocycles. The number of thioether (sulfide) groups is 1. The van der Waals surface area contributed by atoms with Crippen molar-refractivity contribution in [1.82, 2.24) is 0 Å². The molecule has 4 N–H and O–H groups in total. The monoisotopic (exact) mass is 282 g/mol. The normalized spacial score (nSPS) is 11.9. The maximum atomic E-state index is 11.7. The Morgan fingerprint density at radius 1 is 1.42 bits per heavy atom. The van der Waals surface area contributed by atoms with Crippen molar-refractivity contribution in [3.05, 3.63) is 29.8 Å². The van der Waals surface area contributed by atoms with Gasteiger partial charge in [-0.3, -0.25) is 9.59 Å². The Labute approximate surface area is 116 Å². The molecule has 0 aromatic heterocycles. The van der Waals surface area contributed by atoms with E-state index in [1.807, 2.05) is 31.2 Å². The summed E-state index contributed by atoms with van der Waals surface area (Å²) >= 11 is 1.38. The highest BCUT2D eigenvalue weighted by Crippen LogP contribution is 2.14. The summed E-state index contributed by atoms with van der Waals surface area (Å²) in [5, 5.41) is 11.4. The molecule has 0 spiro atoms. The molecule has 1 unspecified atom stereocenters. The SMILES string of the molecule is Cc1ccccc1NC(=O)CSCCC(N)C(=O)O. The molecule has 6 heteroatoms. The Morgan fingerprint density at radius 3 is 2.74 bits per heavy atom. The van der Waals surface area contributed by atoms with Gasteiger partial charge < -0.3 is 16.2 Å². The van der Waals surface area contributed by atoms with E-state index in [0.29, 0.717) is 17.9 Å². The first-order chi connectivity index (χ1) is 9.00. The number of para-hydroxylation sites is 1. The predicted molar refractivity (Wildman–Crippen MR) is 77.4 cm³/mol. The second-order valence-electron chi connectivity index (χ2n) is 4.15. The van der Waals surface area contributed by atoms with Crippen LogP contribution in [0.3, 0.4) is 0 Å². The van der Waals surface area contributed by atoms with Gasteiger partial charge in [-0.1, -0.05) is 18.2 Å². The van der Waals surface area contributed by atoms with Crippen LogP contribution in [-0.4, -0.2) is 34.5 Å². The zero-order valence-electron chi connectivity index (χ0n) is 10.8. The molecule has 1 atom stereocenters. The summed E-state index contributed by atoms with van der Waals surface area (Å²) in [6, 6.07) is 6.69. The van der Waals surface area contributed by atoms with Gasteiger partial charge >= 0.3 is 5.97 Å². The maximum absolute atomic E-state index is 11.7. The maximum Gasteiger partial charge on any atom is 0.320 e. The number of aryl methyl sites for hydroxylation is 1. The Morgan fingerprint density at radius 2 is 2.11 bits per heavy atom. The summed E-state index contributed by atoms with van der Waals surface area (Å²) in [5.41, 5.74) is 7.17. The summed E-state index contributed by atoms with van der Waals surface area (Å²) in [6.07, 6.45) is 0.359. The van der Waals surface area contributed by atoms with Crippen LogP contribution >= 0.6 is 11.8 Å². The van der Waals surface area contributed by atoms with Crippen molar-refractivity contribution in [2.24, 2.45) is 5.73 Å². The van der Waals surface area contributed by atoms with Gasteiger partial charge in [0.1, 0.15) is 6.04 Å². The van der Waals surface area contributed by atoms with Crippen LogP contribution in [0.1, 0.15) is 12.0 Å². The van der Waals surface area contributed by atoms with Gasteiger partial charge in [0.25, 0.3) is 0 Å². The number of carboxylic acids is 1. The van der Waals surface area contributed by atoms with Gasteiger partial charge in [0.15, 0.2) is 0 Å². The summed E-state index contributed by atoms with van der Waals surface area (Å²) in [5.74, 6) is -0.261. The van der Waals surface area contributed by atoms with Crippen molar-refractivity contribution in [1.29, 1.82) is 0 Å². The third kappa shape index (κ3) is 5.76. The van der Waals surface area contributed by atoms with Crippen LogP contribution in [0, 0.1) is 6.92 Å². The summed E-state index contributed by atoms with van der Waals surface area (Å²) in [7, 11) is 0. The number of carbonyl (C=O) groups excluding carboxylic acids is 1. The predicted octanol–water partition coefficient (Wildman–Crippen LogP) is 1.47. The van der Waals surface area contributed by atoms with E-state index in [9.17, 15) is 9.59 Å². The fraction of sp³-hybridized carbons (Fsp3) is 0.385. The third-order valence-corrected chi connectivity index (χ3v) is 3.53. The fourth-order valence-corrected chi connectivity index (χ4v) is 2.22. The zero-order valence-corrected chi connectivity index (χ0v) is 11.6. The van der Waals surface area contributed by atoms with E-state index in [1.54, 1.807) is 0 Å². The molecule has 0 bridgehead atoms. The van der Waals surface area contributed by atoms with Crippen LogP contribution in [0.2, 0.25) is 0 Å². The van der Waals surface area contributed by atoms with Crippen molar-refractivity contribution in [3.8, 4) is 0 Å². The first kappa shape index (κ1) is 15.5. The van der Waals surface area contributed by atoms with Crippen LogP contribution in [-0.2, 0) is 9.59 Å². The Balaban J connectivity index is 2.26. The average molecular weight is 282 g/mol. The molecule has 5 nitrogen and oxygen atoms in total. The van der Waals surface area contributed by atoms with Gasteiger partial charge in [-0.15, -0.1) is 0 Å². The number of aliphatic carboxylic acids is 1. The molecule has 0 saturated heterocycles. The number of hydrogen-bond donors (Lipinski definition) is 3. The quantitative estimate of drug-likeness (QED) is 0.659. The molecule has 1 amide bonds. The number of anilines is 1. The Kier molecular flexibility index (Phi) is 6.38. The minimum Gasteiger partial charge on any atom is -0.480 e. The van der Waals surface area contributed by atoms with Gasteiger partial charge in [-0.05, 0) is 30.7 Å². The van der Waals surface area contributed by atoms with E-state index < -0.39 is 12.0 Å². The van der Waals surface area contributed by atoms with E-state index >= 15 is 0 Å². The van der Waals surface area contributed by atoms with Crippen LogP contribution < -0.4 is 11.1 Å². The molecule has 0 fully saturated rings. The first-order valence-electron chi connectivity index (χ1n) is 5.92. The number of benzene rings is 1. The number of carboxylic acid groups (broad SMARTS) is 1. The van der Waals surface area contributed by atoms with Crippen molar-refractivity contribution in [2.75, 3.05) is 16.8 Å². The molecule has 0 aliphatic carbocycles. The first-order valence-corrected chi connectivity index (χ1v) is 7.08. The van der Waals surface area contributed by atoms with E-state index in [2.05, 4.69) is 5.32 Å². The minimum absolute atomic E-state index is 0.0943. The van der Waals surface area contributed by atoms with E-state index in [-0.39, 0.29) is 5.91 Å². The number of hydrogen-bond acceptors (Lipinski definition) is 4. The standard InChI is InChI=1S/C13H18N2O3S/c1-9-4-2-3-5-11(9)15-12(16)8-19-7-6-10(14)13(17)18/h2-5,10H,6-8,14H2,1H3,(H,15,16)(H,17,18). The van der Waals surface area contributed by atoms with Crippen molar-refractivity contribution in [3.63, 3.8) is 0 Å². The molecule has 1 aromatic rings. The number of nitrogens with two attached hydrogens (primary N) is 1. The van der Waals surface area contributed by atoms with Crippen LogP contribution in [0.15, 0.2) is 24.3 Å². The van der Waals surface area contributed by atoms with E-state index in [4.69, 9.17) is 10.8 Å². The van der Waals surface area contributed by atoms with Crippen molar-refractivity contribution in [2.45, 2.75) is 19.4 Å². The average Bonchev–Trinajstić information content (AvgIpc) is 2.37. The highest BCUT2D eigenvalue weighted by Gasteiger charge is 2.11. The molecule has 104 valence electrons. The Hall–Kier alpha value is -1.53. The highest BCUT2D eigenvalue weighted by atomic mass is 32.2. The molecule has 0 radical (unpaired) electrons. The molecule has 19 heavy (non-hydrogen) atoms. The number of carbonyl (C=O) groups is 2. The second kappa shape index (κ2) is 7.81. The summed E-state index contributed by atoms with van der Waals surface area (Å²) < 4.78 is 0. The van der Waals surface area contributed by atoms with Crippen LogP contribution in [0.4, 0.5) is 5.69 Å². The Bertz CT molecular complexity index is 451. The largest absolute Gasteiger partial charge is 0.480 e. The smallest absolute Gasteiger partial charge is 0.320 e. The molecule has 0 aliphatic rings. The molecular weight excluding hydrogens is 264 g/mol. The van der Waals surface area contributed by atoms with Gasteiger partial charge in [-0.25, -0.2) is 0 Å². The van der Waals surface area contributed by atoms with Crippen LogP contribution in [0.5, 0.6) is 0 Å². The lowest BCUT2D eigenvalue weighted by Crippen LogP contribution is -2.30. The number of rotatable bonds is 7.